The summed E-state index contributed by atoms with van der Waals surface area (Å²) in [7, 11) is 0. The number of benzene rings is 2. The van der Waals surface area contributed by atoms with E-state index in [2.05, 4.69) is 22.1 Å². The van der Waals surface area contributed by atoms with Crippen molar-refractivity contribution >= 4 is 34.1 Å². The molecule has 1 aliphatic heterocycles. The molecule has 5 heteroatoms. The van der Waals surface area contributed by atoms with Crippen molar-refractivity contribution < 1.29 is 4.74 Å². The van der Waals surface area contributed by atoms with Gasteiger partial charge in [0.2, 0.25) is 0 Å². The average Bonchev–Trinajstić information content (AvgIpc) is 2.94. The third-order valence-electron chi connectivity index (χ3n) is 3.59. The first kappa shape index (κ1) is 13.0. The Kier molecular flexibility index (Phi) is 3.07. The van der Waals surface area contributed by atoms with Crippen LogP contribution in [0.3, 0.4) is 0 Å². The molecule has 0 atom stereocenters. The molecule has 0 aliphatic carbocycles. The van der Waals surface area contributed by atoms with E-state index in [1.165, 1.54) is 11.1 Å². The maximum absolute atomic E-state index is 6.26. The molecule has 0 bridgehead atoms. The van der Waals surface area contributed by atoms with E-state index in [4.69, 9.17) is 27.9 Å². The Morgan fingerprint density at radius 2 is 1.76 bits per heavy atom. The summed E-state index contributed by atoms with van der Waals surface area (Å²) in [5.74, 6) is 0.601. The minimum absolute atomic E-state index is 0.434. The Morgan fingerprint density at radius 3 is 2.67 bits per heavy atom. The maximum Gasteiger partial charge on any atom is 0.161 e. The summed E-state index contributed by atoms with van der Waals surface area (Å²) in [6, 6.07) is 11.5. The van der Waals surface area contributed by atoms with Crippen molar-refractivity contribution in [1.29, 1.82) is 0 Å². The second-order valence-electron chi connectivity index (χ2n) is 4.98. The highest BCUT2D eigenvalue weighted by atomic mass is 35.5. The summed E-state index contributed by atoms with van der Waals surface area (Å²) in [5, 5.41) is 1.86. The van der Waals surface area contributed by atoms with E-state index in [0.717, 1.165) is 16.5 Å². The van der Waals surface area contributed by atoms with Crippen LogP contribution in [-0.2, 0) is 18.0 Å². The molecule has 0 N–H and O–H groups in total. The second kappa shape index (κ2) is 4.95. The lowest BCUT2D eigenvalue weighted by atomic mass is 10.1. The van der Waals surface area contributed by atoms with Gasteiger partial charge in [0.15, 0.2) is 5.82 Å². The molecule has 0 amide bonds. The molecule has 0 saturated carbocycles. The first-order valence-electron chi connectivity index (χ1n) is 6.53. The van der Waals surface area contributed by atoms with E-state index in [0.29, 0.717) is 29.2 Å². The highest BCUT2D eigenvalue weighted by molar-refractivity contribution is 6.35. The monoisotopic (exact) mass is 316 g/mol. The van der Waals surface area contributed by atoms with Gasteiger partial charge in [0.1, 0.15) is 5.15 Å². The first-order chi connectivity index (χ1) is 10.2. The van der Waals surface area contributed by atoms with Crippen molar-refractivity contribution in [2.24, 2.45) is 0 Å². The van der Waals surface area contributed by atoms with Crippen molar-refractivity contribution in [2.75, 3.05) is 0 Å². The Morgan fingerprint density at radius 1 is 0.905 bits per heavy atom. The molecule has 2 heterocycles. The molecule has 2 aromatic carbocycles. The van der Waals surface area contributed by atoms with Crippen molar-refractivity contribution in [3.05, 3.63) is 57.7 Å². The fourth-order valence-electron chi connectivity index (χ4n) is 2.50. The molecular formula is C16H10Cl2N2O. The number of ether oxygens (including phenoxy) is 1. The lowest BCUT2D eigenvalue weighted by Gasteiger charge is -2.06. The van der Waals surface area contributed by atoms with Gasteiger partial charge in [-0.25, -0.2) is 9.97 Å². The van der Waals surface area contributed by atoms with E-state index in [1.54, 1.807) is 12.1 Å². The van der Waals surface area contributed by atoms with Gasteiger partial charge in [0.05, 0.1) is 18.7 Å². The predicted molar refractivity (Wildman–Crippen MR) is 83.5 cm³/mol. The lowest BCUT2D eigenvalue weighted by molar-refractivity contribution is 0.134. The number of nitrogens with zero attached hydrogens (tertiary/aromatic N) is 2. The van der Waals surface area contributed by atoms with Crippen LogP contribution in [0.2, 0.25) is 10.2 Å². The van der Waals surface area contributed by atoms with Crippen LogP contribution in [0.1, 0.15) is 11.1 Å². The van der Waals surface area contributed by atoms with E-state index < -0.39 is 0 Å². The zero-order valence-electron chi connectivity index (χ0n) is 10.9. The Bertz CT molecular complexity index is 864. The van der Waals surface area contributed by atoms with E-state index >= 15 is 0 Å². The van der Waals surface area contributed by atoms with Crippen LogP contribution in [0.15, 0.2) is 36.4 Å². The SMILES string of the molecule is Clc1ccc2c(Cl)nc(-c3ccc4c(c3)COC4)nc2c1. The molecule has 0 unspecified atom stereocenters. The minimum atomic E-state index is 0.434. The smallest absolute Gasteiger partial charge is 0.161 e. The highest BCUT2D eigenvalue weighted by Crippen LogP contribution is 2.29. The van der Waals surface area contributed by atoms with Gasteiger partial charge in [-0.3, -0.25) is 0 Å². The van der Waals surface area contributed by atoms with Crippen molar-refractivity contribution in [3.63, 3.8) is 0 Å². The quantitative estimate of drug-likeness (QED) is 0.614. The van der Waals surface area contributed by atoms with Gasteiger partial charge in [-0.15, -0.1) is 0 Å². The minimum Gasteiger partial charge on any atom is -0.372 e. The maximum atomic E-state index is 6.26. The molecule has 0 fully saturated rings. The fraction of sp³-hybridized carbons (Fsp3) is 0.125. The van der Waals surface area contributed by atoms with Gasteiger partial charge < -0.3 is 4.74 Å². The Balaban J connectivity index is 1.90. The number of fused-ring (bicyclic) bond motifs is 2. The van der Waals surface area contributed by atoms with Crippen LogP contribution in [0.25, 0.3) is 22.3 Å². The van der Waals surface area contributed by atoms with Gasteiger partial charge >= 0.3 is 0 Å². The van der Waals surface area contributed by atoms with E-state index in [1.807, 2.05) is 12.1 Å². The summed E-state index contributed by atoms with van der Waals surface area (Å²) in [5.41, 5.74) is 4.07. The van der Waals surface area contributed by atoms with Gasteiger partial charge in [-0.05, 0) is 35.4 Å². The van der Waals surface area contributed by atoms with Crippen LogP contribution in [0, 0.1) is 0 Å². The molecule has 1 aliphatic rings. The molecule has 3 nitrogen and oxygen atoms in total. The number of hydrogen-bond donors (Lipinski definition) is 0. The standard InChI is InChI=1S/C16H10Cl2N2O/c17-12-3-4-13-14(6-12)19-16(20-15(13)18)9-1-2-10-7-21-8-11(10)5-9/h1-6H,7-8H2. The molecule has 0 radical (unpaired) electrons. The van der Waals surface area contributed by atoms with Gasteiger partial charge in [0.25, 0.3) is 0 Å². The zero-order valence-corrected chi connectivity index (χ0v) is 12.4. The van der Waals surface area contributed by atoms with Gasteiger partial charge in [0, 0.05) is 16.0 Å². The van der Waals surface area contributed by atoms with Gasteiger partial charge in [-0.1, -0.05) is 35.3 Å². The summed E-state index contributed by atoms with van der Waals surface area (Å²) in [4.78, 5) is 8.97. The van der Waals surface area contributed by atoms with Gasteiger partial charge in [-0.2, -0.15) is 0 Å². The van der Waals surface area contributed by atoms with Crippen LogP contribution in [0.4, 0.5) is 0 Å². The molecule has 1 aromatic heterocycles. The van der Waals surface area contributed by atoms with E-state index in [9.17, 15) is 0 Å². The van der Waals surface area contributed by atoms with Crippen molar-refractivity contribution in [3.8, 4) is 11.4 Å². The average molecular weight is 317 g/mol. The van der Waals surface area contributed by atoms with Crippen LogP contribution < -0.4 is 0 Å². The van der Waals surface area contributed by atoms with Crippen LogP contribution in [-0.4, -0.2) is 9.97 Å². The summed E-state index contributed by atoms with van der Waals surface area (Å²) in [6.07, 6.45) is 0. The number of rotatable bonds is 1. The molecule has 21 heavy (non-hydrogen) atoms. The fourth-order valence-corrected chi connectivity index (χ4v) is 2.91. The largest absolute Gasteiger partial charge is 0.372 e. The van der Waals surface area contributed by atoms with Crippen LogP contribution in [0.5, 0.6) is 0 Å². The Hall–Kier alpha value is -1.68. The van der Waals surface area contributed by atoms with E-state index in [-0.39, 0.29) is 0 Å². The molecule has 0 spiro atoms. The molecule has 3 aromatic rings. The second-order valence-corrected chi connectivity index (χ2v) is 5.77. The van der Waals surface area contributed by atoms with Crippen LogP contribution >= 0.6 is 23.2 Å². The number of halogens is 2. The molecular weight excluding hydrogens is 307 g/mol. The summed E-state index contributed by atoms with van der Waals surface area (Å²) < 4.78 is 5.43. The molecule has 4 rings (SSSR count). The third-order valence-corrected chi connectivity index (χ3v) is 4.12. The normalized spacial score (nSPS) is 13.6. The first-order valence-corrected chi connectivity index (χ1v) is 7.29. The summed E-state index contributed by atoms with van der Waals surface area (Å²) >= 11 is 12.3. The lowest BCUT2D eigenvalue weighted by Crippen LogP contribution is -1.93. The zero-order chi connectivity index (χ0) is 14.4. The van der Waals surface area contributed by atoms with Crippen molar-refractivity contribution in [1.82, 2.24) is 9.97 Å². The molecule has 104 valence electrons. The highest BCUT2D eigenvalue weighted by Gasteiger charge is 2.14. The Labute approximate surface area is 131 Å². The topological polar surface area (TPSA) is 35.0 Å². The number of aromatic nitrogens is 2. The summed E-state index contributed by atoms with van der Waals surface area (Å²) in [6.45, 7) is 1.31. The molecule has 0 saturated heterocycles. The van der Waals surface area contributed by atoms with Crippen molar-refractivity contribution in [2.45, 2.75) is 13.2 Å². The predicted octanol–water partition coefficient (Wildman–Crippen LogP) is 4.63. The number of hydrogen-bond acceptors (Lipinski definition) is 3. The third kappa shape index (κ3) is 2.27.